The van der Waals surface area contributed by atoms with Crippen LogP contribution in [0.25, 0.3) is 0 Å². The molecule has 0 atom stereocenters. The second-order valence-electron chi connectivity index (χ2n) is 6.21. The number of sulfonamides is 1. The molecule has 0 saturated heterocycles. The van der Waals surface area contributed by atoms with Crippen LogP contribution in [-0.4, -0.2) is 20.5 Å². The lowest BCUT2D eigenvalue weighted by molar-refractivity contribution is 0.510. The van der Waals surface area contributed by atoms with Gasteiger partial charge < -0.3 is 5.32 Å². The summed E-state index contributed by atoms with van der Waals surface area (Å²) < 4.78 is 27.8. The standard InChI is InChI=1S/C15H24N2O2S2/c18-21(19,17-13-5-3-1-2-4-6-13)15-9-14(20-11-15)10-16-12-7-8-12/h9,11-13,16-17H,1-8,10H2. The molecular weight excluding hydrogens is 304 g/mol. The maximum absolute atomic E-state index is 12.5. The summed E-state index contributed by atoms with van der Waals surface area (Å²) in [5, 5.41) is 5.19. The Morgan fingerprint density at radius 2 is 1.76 bits per heavy atom. The molecule has 2 N–H and O–H groups in total. The fourth-order valence-corrected chi connectivity index (χ4v) is 5.34. The highest BCUT2D eigenvalue weighted by Gasteiger charge is 2.23. The van der Waals surface area contributed by atoms with Gasteiger partial charge in [-0.15, -0.1) is 11.3 Å². The van der Waals surface area contributed by atoms with E-state index in [4.69, 9.17) is 0 Å². The van der Waals surface area contributed by atoms with Crippen LogP contribution in [0, 0.1) is 0 Å². The Morgan fingerprint density at radius 3 is 2.43 bits per heavy atom. The summed E-state index contributed by atoms with van der Waals surface area (Å²) in [5.41, 5.74) is 0. The first-order valence-electron chi connectivity index (χ1n) is 7.96. The lowest BCUT2D eigenvalue weighted by Crippen LogP contribution is -2.34. The topological polar surface area (TPSA) is 58.2 Å². The summed E-state index contributed by atoms with van der Waals surface area (Å²) in [6.07, 6.45) is 9.17. The predicted molar refractivity (Wildman–Crippen MR) is 86.0 cm³/mol. The maximum Gasteiger partial charge on any atom is 0.241 e. The van der Waals surface area contributed by atoms with E-state index in [1.807, 2.05) is 6.07 Å². The van der Waals surface area contributed by atoms with Crippen LogP contribution in [0.5, 0.6) is 0 Å². The van der Waals surface area contributed by atoms with E-state index in [0.29, 0.717) is 10.9 Å². The van der Waals surface area contributed by atoms with E-state index in [0.717, 1.165) is 37.1 Å². The van der Waals surface area contributed by atoms with E-state index in [1.165, 1.54) is 37.0 Å². The van der Waals surface area contributed by atoms with Crippen LogP contribution in [0.2, 0.25) is 0 Å². The summed E-state index contributed by atoms with van der Waals surface area (Å²) in [6, 6.07) is 2.58. The largest absolute Gasteiger partial charge is 0.309 e. The first-order chi connectivity index (χ1) is 10.1. The smallest absolute Gasteiger partial charge is 0.241 e. The summed E-state index contributed by atoms with van der Waals surface area (Å²) in [5.74, 6) is 0. The van der Waals surface area contributed by atoms with Crippen molar-refractivity contribution >= 4 is 21.4 Å². The van der Waals surface area contributed by atoms with Crippen molar-refractivity contribution in [3.05, 3.63) is 16.3 Å². The molecule has 1 aromatic rings. The Balaban J connectivity index is 1.60. The third-order valence-corrected chi connectivity index (χ3v) is 6.85. The van der Waals surface area contributed by atoms with Gasteiger partial charge in [0.25, 0.3) is 0 Å². The van der Waals surface area contributed by atoms with Gasteiger partial charge in [-0.05, 0) is 31.7 Å². The molecule has 0 aliphatic heterocycles. The molecule has 0 unspecified atom stereocenters. The van der Waals surface area contributed by atoms with Gasteiger partial charge in [0.05, 0.1) is 4.90 Å². The van der Waals surface area contributed by atoms with Crippen molar-refractivity contribution in [2.24, 2.45) is 0 Å². The molecule has 0 aromatic carbocycles. The van der Waals surface area contributed by atoms with Gasteiger partial charge in [0.15, 0.2) is 0 Å². The molecule has 0 bridgehead atoms. The number of hydrogen-bond donors (Lipinski definition) is 2. The fraction of sp³-hybridized carbons (Fsp3) is 0.733. The lowest BCUT2D eigenvalue weighted by atomic mass is 10.1. The highest BCUT2D eigenvalue weighted by atomic mass is 32.2. The van der Waals surface area contributed by atoms with E-state index in [-0.39, 0.29) is 6.04 Å². The third-order valence-electron chi connectivity index (χ3n) is 4.26. The minimum atomic E-state index is -3.35. The Kier molecular flexibility index (Phi) is 4.99. The van der Waals surface area contributed by atoms with Crippen LogP contribution in [0.1, 0.15) is 56.2 Å². The third kappa shape index (κ3) is 4.52. The zero-order valence-electron chi connectivity index (χ0n) is 12.3. The van der Waals surface area contributed by atoms with Gasteiger partial charge in [0.1, 0.15) is 0 Å². The first kappa shape index (κ1) is 15.5. The minimum Gasteiger partial charge on any atom is -0.309 e. The SMILES string of the molecule is O=S(=O)(NC1CCCCCC1)c1csc(CNC2CC2)c1. The summed E-state index contributed by atoms with van der Waals surface area (Å²) in [7, 11) is -3.35. The van der Waals surface area contributed by atoms with E-state index >= 15 is 0 Å². The molecule has 21 heavy (non-hydrogen) atoms. The fourth-order valence-electron chi connectivity index (χ4n) is 2.81. The zero-order valence-corrected chi connectivity index (χ0v) is 13.9. The van der Waals surface area contributed by atoms with Gasteiger partial charge in [-0.1, -0.05) is 25.7 Å². The Labute approximate surface area is 131 Å². The van der Waals surface area contributed by atoms with E-state index in [1.54, 1.807) is 5.38 Å². The molecule has 2 fully saturated rings. The summed E-state index contributed by atoms with van der Waals surface area (Å²) in [6.45, 7) is 0.786. The molecule has 6 heteroatoms. The molecule has 2 saturated carbocycles. The maximum atomic E-state index is 12.5. The minimum absolute atomic E-state index is 0.116. The van der Waals surface area contributed by atoms with Gasteiger partial charge in [0.2, 0.25) is 10.0 Å². The molecular formula is C15H24N2O2S2. The molecule has 2 aliphatic carbocycles. The summed E-state index contributed by atoms with van der Waals surface area (Å²) in [4.78, 5) is 1.53. The number of hydrogen-bond acceptors (Lipinski definition) is 4. The van der Waals surface area contributed by atoms with E-state index in [2.05, 4.69) is 10.0 Å². The van der Waals surface area contributed by atoms with Gasteiger partial charge in [-0.3, -0.25) is 0 Å². The highest BCUT2D eigenvalue weighted by Crippen LogP contribution is 2.24. The van der Waals surface area contributed by atoms with Gasteiger partial charge in [0, 0.05) is 28.9 Å². The molecule has 2 aliphatic rings. The highest BCUT2D eigenvalue weighted by molar-refractivity contribution is 7.89. The van der Waals surface area contributed by atoms with Crippen LogP contribution in [0.4, 0.5) is 0 Å². The van der Waals surface area contributed by atoms with Crippen molar-refractivity contribution in [3.8, 4) is 0 Å². The Morgan fingerprint density at radius 1 is 1.05 bits per heavy atom. The molecule has 0 amide bonds. The molecule has 118 valence electrons. The molecule has 3 rings (SSSR count). The Bertz CT molecular complexity index is 556. The van der Waals surface area contributed by atoms with Gasteiger partial charge >= 0.3 is 0 Å². The molecule has 4 nitrogen and oxygen atoms in total. The van der Waals surface area contributed by atoms with Crippen molar-refractivity contribution in [1.29, 1.82) is 0 Å². The van der Waals surface area contributed by atoms with Gasteiger partial charge in [-0.25, -0.2) is 13.1 Å². The predicted octanol–water partition coefficient (Wildman–Crippen LogP) is 3.00. The van der Waals surface area contributed by atoms with Crippen molar-refractivity contribution in [2.75, 3.05) is 0 Å². The first-order valence-corrected chi connectivity index (χ1v) is 10.3. The van der Waals surface area contributed by atoms with Gasteiger partial charge in [-0.2, -0.15) is 0 Å². The zero-order chi connectivity index (χ0) is 14.7. The van der Waals surface area contributed by atoms with Crippen molar-refractivity contribution < 1.29 is 8.42 Å². The van der Waals surface area contributed by atoms with Crippen LogP contribution in [0.3, 0.4) is 0 Å². The number of nitrogens with one attached hydrogen (secondary N) is 2. The Hall–Kier alpha value is -0.430. The average molecular weight is 329 g/mol. The molecule has 0 radical (unpaired) electrons. The molecule has 1 aromatic heterocycles. The van der Waals surface area contributed by atoms with Crippen molar-refractivity contribution in [2.45, 2.75) is 74.9 Å². The molecule has 1 heterocycles. The van der Waals surface area contributed by atoms with Crippen LogP contribution in [0.15, 0.2) is 16.3 Å². The molecule has 0 spiro atoms. The van der Waals surface area contributed by atoms with Crippen LogP contribution < -0.4 is 10.0 Å². The quantitative estimate of drug-likeness (QED) is 0.789. The van der Waals surface area contributed by atoms with Crippen molar-refractivity contribution in [1.82, 2.24) is 10.0 Å². The van der Waals surface area contributed by atoms with Crippen LogP contribution in [-0.2, 0) is 16.6 Å². The summed E-state index contributed by atoms with van der Waals surface area (Å²) >= 11 is 1.53. The second-order valence-corrected chi connectivity index (χ2v) is 8.92. The van der Waals surface area contributed by atoms with Crippen LogP contribution >= 0.6 is 11.3 Å². The average Bonchev–Trinajstić information content (AvgIpc) is 3.20. The van der Waals surface area contributed by atoms with Crippen molar-refractivity contribution in [3.63, 3.8) is 0 Å². The monoisotopic (exact) mass is 328 g/mol. The lowest BCUT2D eigenvalue weighted by Gasteiger charge is -2.15. The number of thiophene rings is 1. The normalized spacial score (nSPS) is 21.3. The number of rotatable bonds is 6. The van der Waals surface area contributed by atoms with E-state index in [9.17, 15) is 8.42 Å². The second kappa shape index (κ2) is 6.77. The van der Waals surface area contributed by atoms with E-state index < -0.39 is 10.0 Å².